The van der Waals surface area contributed by atoms with Gasteiger partial charge in [0.2, 0.25) is 0 Å². The first-order chi connectivity index (χ1) is 6.70. The van der Waals surface area contributed by atoms with Crippen LogP contribution in [0.4, 0.5) is 0 Å². The van der Waals surface area contributed by atoms with Crippen LogP contribution in [0.2, 0.25) is 19.1 Å². The highest BCUT2D eigenvalue weighted by Gasteiger charge is 2.35. The Morgan fingerprint density at radius 1 is 1.21 bits per heavy atom. The summed E-state index contributed by atoms with van der Waals surface area (Å²) >= 11 is 2.18. The van der Waals surface area contributed by atoms with E-state index in [4.69, 9.17) is 0 Å². The predicted octanol–water partition coefficient (Wildman–Crippen LogP) is 4.11. The topological polar surface area (TPSA) is 0 Å². The number of rotatable bonds is 1. The molecule has 1 aliphatic rings. The number of hydrogen-bond acceptors (Lipinski definition) is 1. The molecule has 0 aromatic heterocycles. The monoisotopic (exact) mass is 222 g/mol. The molecule has 0 bridgehead atoms. The van der Waals surface area contributed by atoms with Gasteiger partial charge in [0, 0.05) is 4.87 Å². The minimum absolute atomic E-state index is 0.831. The second-order valence-electron chi connectivity index (χ2n) is 4.75. The molecule has 1 unspecified atom stereocenters. The van der Waals surface area contributed by atoms with Crippen LogP contribution in [-0.4, -0.2) is 13.8 Å². The lowest BCUT2D eigenvalue weighted by Gasteiger charge is -2.36. The zero-order chi connectivity index (χ0) is 10.0. The fraction of sp³-hybridized carbons (Fsp3) is 0.500. The van der Waals surface area contributed by atoms with Crippen molar-refractivity contribution in [2.45, 2.75) is 30.4 Å². The van der Waals surface area contributed by atoms with E-state index in [0.29, 0.717) is 0 Å². The molecule has 0 spiro atoms. The molecule has 1 aromatic carbocycles. The van der Waals surface area contributed by atoms with Gasteiger partial charge in [0.1, 0.15) is 0 Å². The van der Waals surface area contributed by atoms with Crippen LogP contribution in [-0.2, 0) is 0 Å². The Morgan fingerprint density at radius 3 is 2.57 bits per heavy atom. The Hall–Kier alpha value is -0.213. The quantitative estimate of drug-likeness (QED) is 0.644. The normalized spacial score (nSPS) is 26.0. The third kappa shape index (κ3) is 2.06. The summed E-state index contributed by atoms with van der Waals surface area (Å²) in [6, 6.07) is 12.6. The van der Waals surface area contributed by atoms with Crippen molar-refractivity contribution in [1.29, 1.82) is 0 Å². The van der Waals surface area contributed by atoms with Crippen molar-refractivity contribution >= 4 is 19.8 Å². The van der Waals surface area contributed by atoms with Crippen molar-refractivity contribution in [3.8, 4) is 0 Å². The highest BCUT2D eigenvalue weighted by molar-refractivity contribution is 8.01. The van der Waals surface area contributed by atoms with Crippen LogP contribution in [0.5, 0.6) is 0 Å². The summed E-state index contributed by atoms with van der Waals surface area (Å²) in [6.45, 7) is 5.08. The van der Waals surface area contributed by atoms with Crippen molar-refractivity contribution in [2.75, 3.05) is 5.75 Å². The highest BCUT2D eigenvalue weighted by atomic mass is 32.2. The predicted molar refractivity (Wildman–Crippen MR) is 68.5 cm³/mol. The number of benzene rings is 1. The van der Waals surface area contributed by atoms with Crippen LogP contribution in [0.15, 0.2) is 30.3 Å². The first kappa shape index (κ1) is 10.3. The maximum absolute atomic E-state index is 2.54. The number of hydrogen-bond donors (Lipinski definition) is 0. The molecule has 0 nitrogen and oxygen atoms in total. The van der Waals surface area contributed by atoms with E-state index in [9.17, 15) is 0 Å². The summed E-state index contributed by atoms with van der Waals surface area (Å²) in [6.07, 6.45) is 1.44. The van der Waals surface area contributed by atoms with Crippen LogP contribution in [0, 0.1) is 0 Å². The molecular formula is C12H18SSi. The summed E-state index contributed by atoms with van der Waals surface area (Å²) in [4.78, 5) is 0.831. The molecule has 1 aromatic rings. The molecule has 0 amide bonds. The molecule has 0 saturated carbocycles. The second kappa shape index (κ2) is 4.11. The van der Waals surface area contributed by atoms with E-state index in [-0.39, 0.29) is 0 Å². The van der Waals surface area contributed by atoms with Crippen molar-refractivity contribution in [1.82, 2.24) is 0 Å². The lowest BCUT2D eigenvalue weighted by atomic mass is 10.2. The first-order valence-electron chi connectivity index (χ1n) is 5.37. The lowest BCUT2D eigenvalue weighted by molar-refractivity contribution is 1.00. The van der Waals surface area contributed by atoms with Crippen LogP contribution < -0.4 is 0 Å². The van der Waals surface area contributed by atoms with Crippen molar-refractivity contribution in [3.05, 3.63) is 35.9 Å². The van der Waals surface area contributed by atoms with E-state index in [1.54, 1.807) is 5.56 Å². The molecule has 2 heteroatoms. The van der Waals surface area contributed by atoms with E-state index in [0.717, 1.165) is 4.87 Å². The van der Waals surface area contributed by atoms with Gasteiger partial charge in [-0.3, -0.25) is 0 Å². The third-order valence-electron chi connectivity index (χ3n) is 3.06. The van der Waals surface area contributed by atoms with Gasteiger partial charge in [0.05, 0.1) is 8.07 Å². The van der Waals surface area contributed by atoms with Gasteiger partial charge in [0.15, 0.2) is 0 Å². The first-order valence-corrected chi connectivity index (χ1v) is 9.70. The fourth-order valence-electron chi connectivity index (χ4n) is 2.26. The minimum atomic E-state index is -0.998. The van der Waals surface area contributed by atoms with E-state index in [1.807, 2.05) is 0 Å². The molecule has 2 rings (SSSR count). The zero-order valence-electron chi connectivity index (χ0n) is 8.99. The maximum atomic E-state index is 2.54. The van der Waals surface area contributed by atoms with Gasteiger partial charge >= 0.3 is 0 Å². The smallest absolute Gasteiger partial charge is 0.0673 e. The van der Waals surface area contributed by atoms with Crippen molar-refractivity contribution < 1.29 is 0 Å². The minimum Gasteiger partial charge on any atom is -0.157 e. The van der Waals surface area contributed by atoms with Gasteiger partial charge in [-0.1, -0.05) is 49.5 Å². The lowest BCUT2D eigenvalue weighted by Crippen LogP contribution is -2.36. The molecule has 14 heavy (non-hydrogen) atoms. The summed E-state index contributed by atoms with van der Waals surface area (Å²) in [5.74, 6) is 1.36. The second-order valence-corrected chi connectivity index (χ2v) is 11.4. The molecule has 1 atom stereocenters. The molecular weight excluding hydrogens is 204 g/mol. The Labute approximate surface area is 92.1 Å². The molecule has 0 radical (unpaired) electrons. The molecule has 76 valence electrons. The fourth-order valence-corrected chi connectivity index (χ4v) is 8.37. The zero-order valence-corrected chi connectivity index (χ0v) is 10.8. The van der Waals surface area contributed by atoms with E-state index in [1.165, 1.54) is 18.2 Å². The molecule has 0 N–H and O–H groups in total. The molecule has 1 heterocycles. The van der Waals surface area contributed by atoms with Gasteiger partial charge in [-0.05, 0) is 17.7 Å². The van der Waals surface area contributed by atoms with Crippen LogP contribution in [0.1, 0.15) is 16.9 Å². The molecule has 1 aliphatic heterocycles. The average molecular weight is 222 g/mol. The Balaban J connectivity index is 2.24. The maximum Gasteiger partial charge on any atom is 0.0673 e. The van der Waals surface area contributed by atoms with Crippen LogP contribution >= 0.6 is 11.8 Å². The Bertz CT molecular complexity index is 294. The summed E-state index contributed by atoms with van der Waals surface area (Å²) in [7, 11) is -0.998. The van der Waals surface area contributed by atoms with E-state index < -0.39 is 8.07 Å². The van der Waals surface area contributed by atoms with Crippen LogP contribution in [0.25, 0.3) is 0 Å². The molecule has 1 fully saturated rings. The number of thioether (sulfide) groups is 1. The van der Waals surface area contributed by atoms with Gasteiger partial charge in [-0.25, -0.2) is 0 Å². The van der Waals surface area contributed by atoms with E-state index >= 15 is 0 Å². The third-order valence-corrected chi connectivity index (χ3v) is 10.0. The van der Waals surface area contributed by atoms with Gasteiger partial charge in [0.25, 0.3) is 0 Å². The summed E-state index contributed by atoms with van der Waals surface area (Å²) in [5, 5.41) is 0. The van der Waals surface area contributed by atoms with Crippen LogP contribution in [0.3, 0.4) is 0 Å². The van der Waals surface area contributed by atoms with Gasteiger partial charge < -0.3 is 0 Å². The van der Waals surface area contributed by atoms with Gasteiger partial charge in [-0.2, -0.15) is 11.8 Å². The average Bonchev–Trinajstić information content (AvgIpc) is 2.18. The SMILES string of the molecule is C[Si]1(C)CCCSC1c1ccccc1. The molecule has 0 aliphatic carbocycles. The largest absolute Gasteiger partial charge is 0.157 e. The highest BCUT2D eigenvalue weighted by Crippen LogP contribution is 2.44. The summed E-state index contributed by atoms with van der Waals surface area (Å²) in [5.41, 5.74) is 1.56. The van der Waals surface area contributed by atoms with Crippen molar-refractivity contribution in [2.24, 2.45) is 0 Å². The van der Waals surface area contributed by atoms with E-state index in [2.05, 4.69) is 55.2 Å². The van der Waals surface area contributed by atoms with Gasteiger partial charge in [-0.15, -0.1) is 0 Å². The Kier molecular flexibility index (Phi) is 3.03. The van der Waals surface area contributed by atoms with Crippen molar-refractivity contribution in [3.63, 3.8) is 0 Å². The molecule has 1 saturated heterocycles. The summed E-state index contributed by atoms with van der Waals surface area (Å²) < 4.78 is 0. The Morgan fingerprint density at radius 2 is 1.93 bits per heavy atom. The standard InChI is InChI=1S/C12H18SSi/c1-14(2)10-6-9-13-12(14)11-7-4-3-5-8-11/h3-5,7-8,12H,6,9-10H2,1-2H3.